The minimum Gasteiger partial charge on any atom is -0.344 e. The van der Waals surface area contributed by atoms with Gasteiger partial charge in [0.2, 0.25) is 5.91 Å². The van der Waals surface area contributed by atoms with Gasteiger partial charge in [0.15, 0.2) is 0 Å². The second-order valence-corrected chi connectivity index (χ2v) is 8.66. The smallest absolute Gasteiger partial charge is 0.223 e. The van der Waals surface area contributed by atoms with Crippen LogP contribution in [0.2, 0.25) is 0 Å². The zero-order chi connectivity index (χ0) is 18.5. The third-order valence-electron chi connectivity index (χ3n) is 5.77. The van der Waals surface area contributed by atoms with E-state index in [2.05, 4.69) is 89.4 Å². The molecule has 2 aromatic carbocycles. The molecule has 0 saturated carbocycles. The van der Waals surface area contributed by atoms with E-state index in [0.717, 1.165) is 16.6 Å². The van der Waals surface area contributed by atoms with Gasteiger partial charge in [-0.05, 0) is 42.3 Å². The molecule has 0 aliphatic carbocycles. The molecule has 26 heavy (non-hydrogen) atoms. The van der Waals surface area contributed by atoms with Crippen molar-refractivity contribution in [2.45, 2.75) is 38.3 Å². The number of anilines is 1. The number of fused-ring (bicyclic) bond motifs is 3. The molecule has 1 N–H and O–H groups in total. The molecule has 0 unspecified atom stereocenters. The summed E-state index contributed by atoms with van der Waals surface area (Å²) in [5.41, 5.74) is 4.09. The van der Waals surface area contributed by atoms with Crippen molar-refractivity contribution < 1.29 is 4.79 Å². The fraction of sp³-hybridized carbons (Fsp3) is 0.318. The number of carbonyl (C=O) groups excluding carboxylic acids is 1. The van der Waals surface area contributed by atoms with Crippen LogP contribution in [0.25, 0.3) is 6.08 Å². The normalized spacial score (nSPS) is 23.7. The molecule has 2 aliphatic heterocycles. The third-order valence-corrected chi connectivity index (χ3v) is 6.30. The Bertz CT molecular complexity index is 901. The van der Waals surface area contributed by atoms with Crippen LogP contribution < -0.4 is 10.2 Å². The van der Waals surface area contributed by atoms with Gasteiger partial charge in [-0.15, -0.1) is 0 Å². The first-order valence-electron chi connectivity index (χ1n) is 8.98. The molecule has 4 rings (SSSR count). The van der Waals surface area contributed by atoms with Crippen LogP contribution in [0.5, 0.6) is 0 Å². The first kappa shape index (κ1) is 17.3. The van der Waals surface area contributed by atoms with Crippen molar-refractivity contribution in [2.75, 3.05) is 11.4 Å². The maximum absolute atomic E-state index is 12.4. The fourth-order valence-electron chi connectivity index (χ4n) is 4.26. The zero-order valence-corrected chi connectivity index (χ0v) is 16.9. The Morgan fingerprint density at radius 1 is 1.15 bits per heavy atom. The minimum atomic E-state index is -0.550. The standard InChI is InChI=1S/C22H23BrN2O/c1-15-4-9-19-18(14-15)21(2,3)22(24-20(26)11-13-25(19)22)12-10-16-5-7-17(23)8-6-16/h4-10,12,14H,11,13H2,1-3H3,(H,24,26)/b12-10+/t22-/m1/s1. The summed E-state index contributed by atoms with van der Waals surface area (Å²) in [7, 11) is 0. The van der Waals surface area contributed by atoms with Gasteiger partial charge in [-0.25, -0.2) is 0 Å². The Morgan fingerprint density at radius 2 is 1.88 bits per heavy atom. The first-order valence-corrected chi connectivity index (χ1v) is 9.77. The summed E-state index contributed by atoms with van der Waals surface area (Å²) in [6.07, 6.45) is 4.81. The van der Waals surface area contributed by atoms with E-state index in [4.69, 9.17) is 0 Å². The predicted octanol–water partition coefficient (Wildman–Crippen LogP) is 4.78. The van der Waals surface area contributed by atoms with Crippen molar-refractivity contribution in [1.82, 2.24) is 5.32 Å². The third kappa shape index (κ3) is 2.50. The molecule has 134 valence electrons. The van der Waals surface area contributed by atoms with Gasteiger partial charge in [-0.3, -0.25) is 4.79 Å². The minimum absolute atomic E-state index is 0.110. The Balaban J connectivity index is 1.84. The highest BCUT2D eigenvalue weighted by Crippen LogP contribution is 2.52. The summed E-state index contributed by atoms with van der Waals surface area (Å²) in [4.78, 5) is 14.8. The average Bonchev–Trinajstić information content (AvgIpc) is 2.79. The molecule has 1 amide bonds. The van der Waals surface area contributed by atoms with Crippen LogP contribution in [0.4, 0.5) is 5.69 Å². The highest BCUT2D eigenvalue weighted by Gasteiger charge is 2.57. The number of rotatable bonds is 2. The Morgan fingerprint density at radius 3 is 2.62 bits per heavy atom. The van der Waals surface area contributed by atoms with Crippen LogP contribution in [-0.2, 0) is 10.2 Å². The molecule has 2 aromatic rings. The zero-order valence-electron chi connectivity index (χ0n) is 15.3. The van der Waals surface area contributed by atoms with Crippen molar-refractivity contribution in [2.24, 2.45) is 0 Å². The first-order chi connectivity index (χ1) is 12.3. The number of nitrogens with one attached hydrogen (secondary N) is 1. The topological polar surface area (TPSA) is 32.3 Å². The van der Waals surface area contributed by atoms with E-state index in [0.29, 0.717) is 6.42 Å². The van der Waals surface area contributed by atoms with Gasteiger partial charge >= 0.3 is 0 Å². The number of hydrogen-bond donors (Lipinski definition) is 1. The van der Waals surface area contributed by atoms with Gasteiger partial charge in [0, 0.05) is 28.5 Å². The lowest BCUT2D eigenvalue weighted by molar-refractivity contribution is -0.124. The molecular weight excluding hydrogens is 388 g/mol. The number of benzene rings is 2. The van der Waals surface area contributed by atoms with Crippen LogP contribution in [0.1, 0.15) is 37.0 Å². The van der Waals surface area contributed by atoms with Gasteiger partial charge in [-0.2, -0.15) is 0 Å². The van der Waals surface area contributed by atoms with Gasteiger partial charge < -0.3 is 10.2 Å². The van der Waals surface area contributed by atoms with Gasteiger partial charge in [0.25, 0.3) is 0 Å². The number of hydrogen-bond acceptors (Lipinski definition) is 2. The van der Waals surface area contributed by atoms with E-state index in [1.165, 1.54) is 16.8 Å². The monoisotopic (exact) mass is 410 g/mol. The predicted molar refractivity (Wildman–Crippen MR) is 110 cm³/mol. The van der Waals surface area contributed by atoms with Crippen molar-refractivity contribution in [1.29, 1.82) is 0 Å². The van der Waals surface area contributed by atoms with Crippen LogP contribution in [0.3, 0.4) is 0 Å². The van der Waals surface area contributed by atoms with E-state index in [1.54, 1.807) is 0 Å². The number of amides is 1. The quantitative estimate of drug-likeness (QED) is 0.771. The molecule has 3 nitrogen and oxygen atoms in total. The Kier molecular flexibility index (Phi) is 3.99. The number of carbonyl (C=O) groups is 1. The number of halogens is 1. The molecule has 1 atom stereocenters. The van der Waals surface area contributed by atoms with E-state index in [9.17, 15) is 4.79 Å². The van der Waals surface area contributed by atoms with E-state index >= 15 is 0 Å². The van der Waals surface area contributed by atoms with Crippen molar-refractivity contribution in [3.63, 3.8) is 0 Å². The number of nitrogens with zero attached hydrogens (tertiary/aromatic N) is 1. The van der Waals surface area contributed by atoms with Crippen molar-refractivity contribution >= 4 is 33.6 Å². The second kappa shape index (κ2) is 5.98. The molecule has 1 saturated heterocycles. The van der Waals surface area contributed by atoms with Gasteiger partial charge in [0.05, 0.1) is 0 Å². The van der Waals surface area contributed by atoms with E-state index in [-0.39, 0.29) is 11.3 Å². The Labute approximate surface area is 163 Å². The molecule has 0 radical (unpaired) electrons. The van der Waals surface area contributed by atoms with E-state index < -0.39 is 5.66 Å². The number of aryl methyl sites for hydroxylation is 1. The van der Waals surface area contributed by atoms with Crippen molar-refractivity contribution in [3.05, 3.63) is 69.7 Å². The van der Waals surface area contributed by atoms with Crippen LogP contribution in [-0.4, -0.2) is 18.1 Å². The molecule has 1 fully saturated rings. The van der Waals surface area contributed by atoms with E-state index in [1.807, 2.05) is 12.1 Å². The van der Waals surface area contributed by atoms with Crippen LogP contribution in [0.15, 0.2) is 53.0 Å². The summed E-state index contributed by atoms with van der Waals surface area (Å²) in [6.45, 7) is 7.30. The van der Waals surface area contributed by atoms with Gasteiger partial charge in [0.1, 0.15) is 5.66 Å². The molecule has 0 aromatic heterocycles. The summed E-state index contributed by atoms with van der Waals surface area (Å²) >= 11 is 3.48. The second-order valence-electron chi connectivity index (χ2n) is 7.75. The summed E-state index contributed by atoms with van der Waals surface area (Å²) in [5, 5.41) is 3.32. The highest BCUT2D eigenvalue weighted by molar-refractivity contribution is 9.10. The lowest BCUT2D eigenvalue weighted by Crippen LogP contribution is -2.68. The van der Waals surface area contributed by atoms with Crippen LogP contribution in [0, 0.1) is 6.92 Å². The van der Waals surface area contributed by atoms with Crippen LogP contribution >= 0.6 is 15.9 Å². The molecule has 0 spiro atoms. The summed E-state index contributed by atoms with van der Waals surface area (Å²) < 4.78 is 1.06. The molecule has 2 heterocycles. The summed E-state index contributed by atoms with van der Waals surface area (Å²) in [5.74, 6) is 0.110. The SMILES string of the molecule is Cc1ccc2c(c1)C(C)(C)[C@]1(/C=C/c3ccc(Br)cc3)NC(=O)CCN21. The summed E-state index contributed by atoms with van der Waals surface area (Å²) in [6, 6.07) is 14.8. The van der Waals surface area contributed by atoms with Crippen molar-refractivity contribution in [3.8, 4) is 0 Å². The lowest BCUT2D eigenvalue weighted by Gasteiger charge is -2.49. The largest absolute Gasteiger partial charge is 0.344 e. The lowest BCUT2D eigenvalue weighted by atomic mass is 9.74. The molecular formula is C22H23BrN2O. The maximum Gasteiger partial charge on any atom is 0.223 e. The average molecular weight is 411 g/mol. The molecule has 4 heteroatoms. The molecule has 2 aliphatic rings. The highest BCUT2D eigenvalue weighted by atomic mass is 79.9. The Hall–Kier alpha value is -2.07. The van der Waals surface area contributed by atoms with Gasteiger partial charge in [-0.1, -0.05) is 65.7 Å². The maximum atomic E-state index is 12.4. The fourth-order valence-corrected chi connectivity index (χ4v) is 4.52. The molecule has 0 bridgehead atoms.